The number of rotatable bonds is 4. The topological polar surface area (TPSA) is 74.2 Å². The lowest BCUT2D eigenvalue weighted by Crippen LogP contribution is -2.38. The molecule has 4 rings (SSSR count). The molecule has 0 saturated carbocycles. The number of aliphatic hydroxyl groups excluding tert-OH is 1. The number of halogens is 6. The molecule has 0 radical (unpaired) electrons. The summed E-state index contributed by atoms with van der Waals surface area (Å²) in [5.41, 5.74) is -0.561. The van der Waals surface area contributed by atoms with Gasteiger partial charge in [0, 0.05) is 18.7 Å². The Labute approximate surface area is 193 Å². The van der Waals surface area contributed by atoms with Gasteiger partial charge in [-0.3, -0.25) is 0 Å². The Kier molecular flexibility index (Phi) is 6.44. The Morgan fingerprint density at radius 3 is 2.72 bits per heavy atom. The summed E-state index contributed by atoms with van der Waals surface area (Å²) in [6.45, 7) is 0.876. The molecule has 2 aromatic heterocycles. The molecule has 3 aromatic rings. The highest BCUT2D eigenvalue weighted by atomic mass is 35.5. The molecule has 0 aliphatic carbocycles. The van der Waals surface area contributed by atoms with Crippen LogP contribution in [0.4, 0.5) is 33.5 Å². The summed E-state index contributed by atoms with van der Waals surface area (Å²) in [7, 11) is 0. The SMILES string of the molecule is O[C@H]1CCCN(c2sc(Nc3ncnc(Cl)c3F)nc2-c2ccc(Cl)c(C(F)(F)F)c2)C1. The van der Waals surface area contributed by atoms with Crippen molar-refractivity contribution in [2.24, 2.45) is 0 Å². The fourth-order valence-corrected chi connectivity index (χ4v) is 4.71. The summed E-state index contributed by atoms with van der Waals surface area (Å²) in [5, 5.41) is 12.7. The summed E-state index contributed by atoms with van der Waals surface area (Å²) in [6, 6.07) is 3.51. The number of aromatic nitrogens is 3. The van der Waals surface area contributed by atoms with Gasteiger partial charge in [0.1, 0.15) is 17.0 Å². The fourth-order valence-electron chi connectivity index (χ4n) is 3.33. The van der Waals surface area contributed by atoms with Crippen LogP contribution in [-0.4, -0.2) is 39.3 Å². The van der Waals surface area contributed by atoms with E-state index >= 15 is 0 Å². The first kappa shape index (κ1) is 23.0. The van der Waals surface area contributed by atoms with E-state index in [2.05, 4.69) is 20.3 Å². The fraction of sp³-hybridized carbons (Fsp3) is 0.316. The van der Waals surface area contributed by atoms with Crippen molar-refractivity contribution in [3.63, 3.8) is 0 Å². The molecule has 0 amide bonds. The minimum atomic E-state index is -4.65. The van der Waals surface area contributed by atoms with Crippen LogP contribution in [0.25, 0.3) is 11.3 Å². The number of piperidine rings is 1. The van der Waals surface area contributed by atoms with E-state index in [0.29, 0.717) is 30.9 Å². The Balaban J connectivity index is 1.79. The number of hydrogen-bond donors (Lipinski definition) is 2. The van der Waals surface area contributed by atoms with Gasteiger partial charge in [-0.25, -0.2) is 15.0 Å². The average molecular weight is 508 g/mol. The molecule has 13 heteroatoms. The molecule has 6 nitrogen and oxygen atoms in total. The van der Waals surface area contributed by atoms with Crippen LogP contribution in [0.5, 0.6) is 0 Å². The van der Waals surface area contributed by atoms with Gasteiger partial charge in [-0.2, -0.15) is 17.6 Å². The predicted octanol–water partition coefficient (Wildman–Crippen LogP) is 5.77. The van der Waals surface area contributed by atoms with Crippen LogP contribution in [0.1, 0.15) is 18.4 Å². The van der Waals surface area contributed by atoms with Crippen LogP contribution in [-0.2, 0) is 6.18 Å². The second-order valence-electron chi connectivity index (χ2n) is 7.06. The van der Waals surface area contributed by atoms with Gasteiger partial charge in [0.15, 0.2) is 16.1 Å². The second-order valence-corrected chi connectivity index (χ2v) is 8.80. The van der Waals surface area contributed by atoms with Crippen molar-refractivity contribution in [2.75, 3.05) is 23.3 Å². The summed E-state index contributed by atoms with van der Waals surface area (Å²) in [6.07, 6.45) is -2.83. The van der Waals surface area contributed by atoms with Gasteiger partial charge >= 0.3 is 6.18 Å². The smallest absolute Gasteiger partial charge is 0.391 e. The van der Waals surface area contributed by atoms with Crippen molar-refractivity contribution in [3.8, 4) is 11.3 Å². The minimum absolute atomic E-state index is 0.183. The van der Waals surface area contributed by atoms with Gasteiger partial charge in [0.2, 0.25) is 5.82 Å². The van der Waals surface area contributed by atoms with E-state index in [1.54, 1.807) is 0 Å². The lowest BCUT2D eigenvalue weighted by molar-refractivity contribution is -0.137. The lowest BCUT2D eigenvalue weighted by atomic mass is 10.1. The van der Waals surface area contributed by atoms with E-state index in [1.807, 2.05) is 4.90 Å². The second kappa shape index (κ2) is 8.97. The van der Waals surface area contributed by atoms with Crippen molar-refractivity contribution in [2.45, 2.75) is 25.1 Å². The first-order valence-electron chi connectivity index (χ1n) is 9.37. The number of hydrogen-bond acceptors (Lipinski definition) is 7. The molecule has 0 spiro atoms. The molecule has 0 bridgehead atoms. The van der Waals surface area contributed by atoms with Crippen LogP contribution >= 0.6 is 34.5 Å². The van der Waals surface area contributed by atoms with Crippen LogP contribution in [0, 0.1) is 5.82 Å². The number of nitrogens with one attached hydrogen (secondary N) is 1. The quantitative estimate of drug-likeness (QED) is 0.345. The first-order chi connectivity index (χ1) is 15.1. The largest absolute Gasteiger partial charge is 0.417 e. The van der Waals surface area contributed by atoms with E-state index in [9.17, 15) is 22.7 Å². The molecular weight excluding hydrogens is 493 g/mol. The van der Waals surface area contributed by atoms with Gasteiger partial charge < -0.3 is 15.3 Å². The van der Waals surface area contributed by atoms with Crippen molar-refractivity contribution in [3.05, 3.63) is 46.1 Å². The number of benzene rings is 1. The van der Waals surface area contributed by atoms with E-state index < -0.39 is 28.7 Å². The van der Waals surface area contributed by atoms with Gasteiger partial charge in [-0.05, 0) is 25.0 Å². The maximum Gasteiger partial charge on any atom is 0.417 e. The molecule has 0 unspecified atom stereocenters. The molecule has 170 valence electrons. The van der Waals surface area contributed by atoms with E-state index in [0.717, 1.165) is 29.8 Å². The van der Waals surface area contributed by atoms with Crippen molar-refractivity contribution in [1.82, 2.24) is 15.0 Å². The Morgan fingerprint density at radius 1 is 1.22 bits per heavy atom. The standard InChI is InChI=1S/C19H15Cl2F4N5OS/c20-12-4-3-9(6-11(12)19(23,24)25)14-17(30-5-1-2-10(31)7-30)32-18(28-14)29-16-13(22)15(21)26-8-27-16/h3-4,6,8,10,31H,1-2,5,7H2,(H,26,27,28,29)/t10-/m0/s1. The zero-order valence-electron chi connectivity index (χ0n) is 16.1. The third kappa shape index (κ3) is 4.75. The molecular formula is C19H15Cl2F4N5OS. The van der Waals surface area contributed by atoms with Crippen molar-refractivity contribution in [1.29, 1.82) is 0 Å². The van der Waals surface area contributed by atoms with Gasteiger partial charge in [0.05, 0.1) is 16.7 Å². The summed E-state index contributed by atoms with van der Waals surface area (Å²) in [5.74, 6) is -1.10. The molecule has 1 aliphatic heterocycles. The molecule has 1 aliphatic rings. The summed E-state index contributed by atoms with van der Waals surface area (Å²) < 4.78 is 54.4. The maximum atomic E-state index is 14.2. The van der Waals surface area contributed by atoms with Crippen LogP contribution in [0.15, 0.2) is 24.5 Å². The molecule has 1 fully saturated rings. The molecule has 1 saturated heterocycles. The van der Waals surface area contributed by atoms with Gasteiger partial charge in [-0.1, -0.05) is 40.6 Å². The monoisotopic (exact) mass is 507 g/mol. The zero-order chi connectivity index (χ0) is 23.0. The number of alkyl halides is 3. The van der Waals surface area contributed by atoms with Crippen molar-refractivity contribution < 1.29 is 22.7 Å². The highest BCUT2D eigenvalue weighted by Gasteiger charge is 2.34. The van der Waals surface area contributed by atoms with Crippen LogP contribution in [0.2, 0.25) is 10.2 Å². The van der Waals surface area contributed by atoms with E-state index in [4.69, 9.17) is 23.2 Å². The van der Waals surface area contributed by atoms with Crippen molar-refractivity contribution >= 4 is 50.5 Å². The number of thiazole rings is 1. The van der Waals surface area contributed by atoms with Crippen LogP contribution < -0.4 is 10.2 Å². The van der Waals surface area contributed by atoms with E-state index in [1.165, 1.54) is 6.07 Å². The van der Waals surface area contributed by atoms with Crippen LogP contribution in [0.3, 0.4) is 0 Å². The highest BCUT2D eigenvalue weighted by Crippen LogP contribution is 2.43. The molecule has 2 N–H and O–H groups in total. The number of nitrogens with zero attached hydrogens (tertiary/aromatic N) is 4. The summed E-state index contributed by atoms with van der Waals surface area (Å²) >= 11 is 12.5. The van der Waals surface area contributed by atoms with Gasteiger partial charge in [-0.15, -0.1) is 0 Å². The number of β-amino-alcohol motifs (C(OH)–C–C–N with tert-alkyl or cyclic N) is 1. The molecule has 1 atom stereocenters. The number of aliphatic hydroxyl groups is 1. The normalized spacial score (nSPS) is 17.0. The highest BCUT2D eigenvalue weighted by molar-refractivity contribution is 7.20. The average Bonchev–Trinajstić information content (AvgIpc) is 3.15. The third-order valence-corrected chi connectivity index (χ3v) is 6.44. The minimum Gasteiger partial charge on any atom is -0.391 e. The Hall–Kier alpha value is -2.21. The molecule has 1 aromatic carbocycles. The molecule has 3 heterocycles. The maximum absolute atomic E-state index is 14.2. The third-order valence-electron chi connectivity index (χ3n) is 4.81. The Bertz CT molecular complexity index is 1140. The molecule has 32 heavy (non-hydrogen) atoms. The Morgan fingerprint density at radius 2 is 2.00 bits per heavy atom. The number of anilines is 3. The summed E-state index contributed by atoms with van der Waals surface area (Å²) in [4.78, 5) is 13.6. The van der Waals surface area contributed by atoms with Gasteiger partial charge in [0.25, 0.3) is 0 Å². The zero-order valence-corrected chi connectivity index (χ0v) is 18.5. The first-order valence-corrected chi connectivity index (χ1v) is 10.9. The van der Waals surface area contributed by atoms with E-state index in [-0.39, 0.29) is 27.4 Å². The predicted molar refractivity (Wildman–Crippen MR) is 115 cm³/mol. The lowest BCUT2D eigenvalue weighted by Gasteiger charge is -2.31.